The number of furan rings is 1. The summed E-state index contributed by atoms with van der Waals surface area (Å²) < 4.78 is 5.15. The van der Waals surface area contributed by atoms with Gasteiger partial charge in [0.2, 0.25) is 11.8 Å². The minimum atomic E-state index is -0.529. The molecule has 2 atom stereocenters. The van der Waals surface area contributed by atoms with Gasteiger partial charge in [0.05, 0.1) is 23.4 Å². The topological polar surface area (TPSA) is 86.6 Å². The van der Waals surface area contributed by atoms with E-state index in [0.717, 1.165) is 31.4 Å². The second-order valence-electron chi connectivity index (χ2n) is 9.10. The van der Waals surface area contributed by atoms with Crippen molar-refractivity contribution in [3.63, 3.8) is 0 Å². The quantitative estimate of drug-likeness (QED) is 0.720. The van der Waals surface area contributed by atoms with E-state index >= 15 is 0 Å². The normalized spacial score (nSPS) is 23.8. The monoisotopic (exact) mass is 390 g/mol. The lowest BCUT2D eigenvalue weighted by Gasteiger charge is -2.47. The summed E-state index contributed by atoms with van der Waals surface area (Å²) in [5.41, 5.74) is 3.60. The molecule has 1 saturated heterocycles. The average molecular weight is 391 g/mol. The summed E-state index contributed by atoms with van der Waals surface area (Å²) in [6.45, 7) is 8.83. The largest absolute Gasteiger partial charge is 0.470 e. The summed E-state index contributed by atoms with van der Waals surface area (Å²) in [4.78, 5) is 26.1. The fraction of sp³-hybridized carbons (Fsp3) is 0.714. The first-order valence-corrected chi connectivity index (χ1v) is 10.4. The SMILES string of the molecule is CCC(NC(=O)C1(C(C)(C)C)CCCCC1)C1NN(c2ccoc2)CNC1=O. The van der Waals surface area contributed by atoms with Crippen molar-refractivity contribution in [2.75, 3.05) is 11.7 Å². The van der Waals surface area contributed by atoms with Crippen LogP contribution in [0.1, 0.15) is 66.2 Å². The van der Waals surface area contributed by atoms with Gasteiger partial charge in [-0.25, -0.2) is 5.43 Å². The van der Waals surface area contributed by atoms with E-state index in [1.807, 2.05) is 18.0 Å². The number of hydrazine groups is 1. The predicted octanol–water partition coefficient (Wildman–Crippen LogP) is 2.94. The Morgan fingerprint density at radius 3 is 2.64 bits per heavy atom. The number of amides is 2. The molecule has 2 fully saturated rings. The van der Waals surface area contributed by atoms with Gasteiger partial charge in [-0.2, -0.15) is 0 Å². The van der Waals surface area contributed by atoms with Crippen molar-refractivity contribution >= 4 is 17.5 Å². The van der Waals surface area contributed by atoms with E-state index in [2.05, 4.69) is 36.8 Å². The van der Waals surface area contributed by atoms with Crippen LogP contribution in [-0.2, 0) is 9.59 Å². The molecule has 2 heterocycles. The molecular formula is C21H34N4O3. The lowest BCUT2D eigenvalue weighted by Crippen LogP contribution is -2.68. The molecule has 0 spiro atoms. The molecule has 1 aliphatic heterocycles. The van der Waals surface area contributed by atoms with Crippen LogP contribution in [0.15, 0.2) is 23.0 Å². The number of nitrogens with zero attached hydrogens (tertiary/aromatic N) is 1. The summed E-state index contributed by atoms with van der Waals surface area (Å²) in [5.74, 6) is -0.0121. The van der Waals surface area contributed by atoms with Crippen LogP contribution in [0.2, 0.25) is 0 Å². The van der Waals surface area contributed by atoms with E-state index in [9.17, 15) is 9.59 Å². The lowest BCUT2D eigenvalue weighted by atomic mass is 9.58. The zero-order valence-corrected chi connectivity index (χ0v) is 17.5. The number of hydrogen-bond donors (Lipinski definition) is 3. The van der Waals surface area contributed by atoms with E-state index in [0.29, 0.717) is 13.1 Å². The zero-order chi connectivity index (χ0) is 20.4. The van der Waals surface area contributed by atoms with E-state index < -0.39 is 6.04 Å². The third kappa shape index (κ3) is 3.90. The molecule has 1 saturated carbocycles. The Morgan fingerprint density at radius 2 is 2.07 bits per heavy atom. The van der Waals surface area contributed by atoms with Gasteiger partial charge in [-0.3, -0.25) is 14.6 Å². The Balaban J connectivity index is 1.76. The van der Waals surface area contributed by atoms with Gasteiger partial charge in [0.15, 0.2) is 0 Å². The Bertz CT molecular complexity index is 674. The predicted molar refractivity (Wildman–Crippen MR) is 108 cm³/mol. The highest BCUT2D eigenvalue weighted by Gasteiger charge is 2.49. The Labute approximate surface area is 167 Å². The number of carbonyl (C=O) groups excluding carboxylic acids is 2. The second kappa shape index (κ2) is 8.15. The molecule has 28 heavy (non-hydrogen) atoms. The van der Waals surface area contributed by atoms with Crippen LogP contribution in [-0.4, -0.2) is 30.6 Å². The van der Waals surface area contributed by atoms with Crippen LogP contribution in [0, 0.1) is 10.8 Å². The fourth-order valence-electron chi connectivity index (χ4n) is 4.59. The first kappa shape index (κ1) is 20.7. The van der Waals surface area contributed by atoms with Gasteiger partial charge < -0.3 is 15.1 Å². The summed E-state index contributed by atoms with van der Waals surface area (Å²) in [6, 6.07) is 1.01. The number of carbonyl (C=O) groups is 2. The maximum atomic E-state index is 13.5. The first-order chi connectivity index (χ1) is 13.3. The maximum absolute atomic E-state index is 13.5. The molecule has 3 rings (SSSR count). The molecule has 156 valence electrons. The summed E-state index contributed by atoms with van der Waals surface area (Å²) in [5, 5.41) is 7.98. The molecule has 3 N–H and O–H groups in total. The van der Waals surface area contributed by atoms with Crippen molar-refractivity contribution in [2.24, 2.45) is 10.8 Å². The summed E-state index contributed by atoms with van der Waals surface area (Å²) in [6.07, 6.45) is 9.05. The highest BCUT2D eigenvalue weighted by atomic mass is 16.3. The molecule has 1 aromatic heterocycles. The number of nitrogens with one attached hydrogen (secondary N) is 3. The third-order valence-electron chi connectivity index (χ3n) is 6.54. The molecule has 0 aromatic carbocycles. The van der Waals surface area contributed by atoms with Gasteiger partial charge >= 0.3 is 0 Å². The van der Waals surface area contributed by atoms with Crippen LogP contribution in [0.5, 0.6) is 0 Å². The summed E-state index contributed by atoms with van der Waals surface area (Å²) in [7, 11) is 0. The van der Waals surface area contributed by atoms with Crippen molar-refractivity contribution in [1.82, 2.24) is 16.1 Å². The molecule has 1 aromatic rings. The van der Waals surface area contributed by atoms with Crippen LogP contribution < -0.4 is 21.1 Å². The minimum absolute atomic E-state index is 0.0848. The van der Waals surface area contributed by atoms with Gasteiger partial charge in [0, 0.05) is 6.07 Å². The molecule has 7 heteroatoms. The van der Waals surface area contributed by atoms with Crippen molar-refractivity contribution in [2.45, 2.75) is 78.3 Å². The number of rotatable bonds is 5. The first-order valence-electron chi connectivity index (χ1n) is 10.4. The van der Waals surface area contributed by atoms with Crippen LogP contribution in [0.3, 0.4) is 0 Å². The zero-order valence-electron chi connectivity index (χ0n) is 17.5. The standard InChI is InChI=1S/C21H34N4O3/c1-5-16(17-18(26)22-14-25(24-17)15-9-12-28-13-15)23-19(27)21(20(2,3)4)10-7-6-8-11-21/h9,12-13,16-17,24H,5-8,10-11,14H2,1-4H3,(H,22,26)(H,23,27). The van der Waals surface area contributed by atoms with E-state index in [1.165, 1.54) is 6.42 Å². The molecule has 7 nitrogen and oxygen atoms in total. The van der Waals surface area contributed by atoms with Gasteiger partial charge in [-0.15, -0.1) is 0 Å². The van der Waals surface area contributed by atoms with Gasteiger partial charge in [-0.05, 0) is 24.7 Å². The molecule has 0 radical (unpaired) electrons. The molecule has 2 amide bonds. The molecule has 1 aliphatic carbocycles. The van der Waals surface area contributed by atoms with Crippen LogP contribution >= 0.6 is 0 Å². The second-order valence-corrected chi connectivity index (χ2v) is 9.10. The van der Waals surface area contributed by atoms with E-state index in [-0.39, 0.29) is 28.7 Å². The maximum Gasteiger partial charge on any atom is 0.242 e. The molecule has 0 bridgehead atoms. The fourth-order valence-corrected chi connectivity index (χ4v) is 4.59. The van der Waals surface area contributed by atoms with E-state index in [4.69, 9.17) is 4.42 Å². The third-order valence-corrected chi connectivity index (χ3v) is 6.54. The highest BCUT2D eigenvalue weighted by molar-refractivity contribution is 5.87. The number of hydrogen-bond acceptors (Lipinski definition) is 5. The summed E-state index contributed by atoms with van der Waals surface area (Å²) >= 11 is 0. The van der Waals surface area contributed by atoms with Crippen LogP contribution in [0.25, 0.3) is 0 Å². The Kier molecular flexibility index (Phi) is 6.03. The van der Waals surface area contributed by atoms with E-state index in [1.54, 1.807) is 12.5 Å². The molecular weight excluding hydrogens is 356 g/mol. The Morgan fingerprint density at radius 1 is 1.36 bits per heavy atom. The average Bonchev–Trinajstić information content (AvgIpc) is 3.21. The van der Waals surface area contributed by atoms with Gasteiger partial charge in [-0.1, -0.05) is 47.0 Å². The van der Waals surface area contributed by atoms with Crippen LogP contribution in [0.4, 0.5) is 5.69 Å². The van der Waals surface area contributed by atoms with Crippen molar-refractivity contribution < 1.29 is 14.0 Å². The number of anilines is 1. The lowest BCUT2D eigenvalue weighted by molar-refractivity contribution is -0.142. The molecule has 2 aliphatic rings. The van der Waals surface area contributed by atoms with Crippen molar-refractivity contribution in [3.05, 3.63) is 18.6 Å². The molecule has 2 unspecified atom stereocenters. The minimum Gasteiger partial charge on any atom is -0.470 e. The van der Waals surface area contributed by atoms with Gasteiger partial charge in [0.25, 0.3) is 0 Å². The van der Waals surface area contributed by atoms with Crippen molar-refractivity contribution in [3.8, 4) is 0 Å². The smallest absolute Gasteiger partial charge is 0.242 e. The van der Waals surface area contributed by atoms with Gasteiger partial charge in [0.1, 0.15) is 19.0 Å². The highest BCUT2D eigenvalue weighted by Crippen LogP contribution is 2.49. The Hall–Kier alpha value is -2.02. The van der Waals surface area contributed by atoms with Crippen molar-refractivity contribution in [1.29, 1.82) is 0 Å².